The monoisotopic (exact) mass is 424 g/mol. The normalized spacial score (nSPS) is 16.5. The Hall–Kier alpha value is -2.68. The number of alkyl halides is 3. The molecule has 1 aliphatic rings. The zero-order chi connectivity index (χ0) is 20.9. The molecule has 5 nitrogen and oxygen atoms in total. The van der Waals surface area contributed by atoms with Crippen LogP contribution in [0.15, 0.2) is 54.6 Å². The number of hydrogen-bond acceptors (Lipinski definition) is 4. The predicted molar refractivity (Wildman–Crippen MR) is 104 cm³/mol. The average Bonchev–Trinajstić information content (AvgIpc) is 3.21. The number of benzene rings is 2. The van der Waals surface area contributed by atoms with Gasteiger partial charge < -0.3 is 15.0 Å². The van der Waals surface area contributed by atoms with E-state index in [0.717, 1.165) is 0 Å². The first kappa shape index (κ1) is 21.0. The van der Waals surface area contributed by atoms with Gasteiger partial charge in [-0.2, -0.15) is 13.2 Å². The number of nitrogens with zero attached hydrogens (tertiary/aromatic N) is 1. The second-order valence-electron chi connectivity index (χ2n) is 6.42. The van der Waals surface area contributed by atoms with Crippen molar-refractivity contribution in [3.63, 3.8) is 0 Å². The lowest BCUT2D eigenvalue weighted by Gasteiger charge is -2.23. The minimum Gasteiger partial charge on any atom is -0.484 e. The molecule has 0 aromatic heterocycles. The van der Waals surface area contributed by atoms with Crippen molar-refractivity contribution in [1.29, 1.82) is 0 Å². The van der Waals surface area contributed by atoms with Crippen LogP contribution in [0.4, 0.5) is 13.2 Å². The molecule has 1 heterocycles. The highest BCUT2D eigenvalue weighted by molar-refractivity contribution is 7.99. The van der Waals surface area contributed by atoms with E-state index in [0.29, 0.717) is 22.8 Å². The smallest absolute Gasteiger partial charge is 0.422 e. The predicted octanol–water partition coefficient (Wildman–Crippen LogP) is 3.46. The molecule has 2 aromatic rings. The number of thioether (sulfide) groups is 1. The minimum absolute atomic E-state index is 0.101. The second kappa shape index (κ2) is 9.21. The number of rotatable bonds is 6. The zero-order valence-corrected chi connectivity index (χ0v) is 16.1. The Kier molecular flexibility index (Phi) is 6.68. The Morgan fingerprint density at radius 3 is 2.45 bits per heavy atom. The van der Waals surface area contributed by atoms with Crippen LogP contribution in [0, 0.1) is 0 Å². The Morgan fingerprint density at radius 1 is 1.10 bits per heavy atom. The molecule has 0 spiro atoms. The summed E-state index contributed by atoms with van der Waals surface area (Å²) in [7, 11) is 0. The lowest BCUT2D eigenvalue weighted by atomic mass is 10.1. The van der Waals surface area contributed by atoms with Gasteiger partial charge in [-0.15, -0.1) is 11.8 Å². The fourth-order valence-electron chi connectivity index (χ4n) is 2.78. The third-order valence-corrected chi connectivity index (χ3v) is 5.27. The lowest BCUT2D eigenvalue weighted by molar-refractivity contribution is -0.153. The van der Waals surface area contributed by atoms with E-state index in [1.165, 1.54) is 23.9 Å². The number of nitrogens with one attached hydrogen (secondary N) is 1. The van der Waals surface area contributed by atoms with Crippen LogP contribution < -0.4 is 10.1 Å². The van der Waals surface area contributed by atoms with Crippen molar-refractivity contribution in [2.24, 2.45) is 0 Å². The van der Waals surface area contributed by atoms with Crippen molar-refractivity contribution >= 4 is 23.6 Å². The van der Waals surface area contributed by atoms with Crippen LogP contribution in [0.3, 0.4) is 0 Å². The van der Waals surface area contributed by atoms with Gasteiger partial charge in [0.25, 0.3) is 5.91 Å². The molecule has 0 radical (unpaired) electrons. The van der Waals surface area contributed by atoms with E-state index < -0.39 is 18.8 Å². The summed E-state index contributed by atoms with van der Waals surface area (Å²) in [6.07, 6.45) is -4.39. The first-order valence-corrected chi connectivity index (χ1v) is 9.99. The maximum absolute atomic E-state index is 12.6. The zero-order valence-electron chi connectivity index (χ0n) is 15.3. The van der Waals surface area contributed by atoms with Crippen LogP contribution in [0.5, 0.6) is 5.75 Å². The molecule has 9 heteroatoms. The van der Waals surface area contributed by atoms with Crippen LogP contribution >= 0.6 is 11.8 Å². The van der Waals surface area contributed by atoms with Gasteiger partial charge in [0.05, 0.1) is 5.88 Å². The third kappa shape index (κ3) is 5.90. The van der Waals surface area contributed by atoms with Crippen molar-refractivity contribution < 1.29 is 27.5 Å². The summed E-state index contributed by atoms with van der Waals surface area (Å²) < 4.78 is 41.2. The van der Waals surface area contributed by atoms with Gasteiger partial charge in [-0.05, 0) is 29.8 Å². The highest BCUT2D eigenvalue weighted by Gasteiger charge is 2.35. The maximum Gasteiger partial charge on any atom is 0.422 e. The van der Waals surface area contributed by atoms with Crippen molar-refractivity contribution in [3.05, 3.63) is 65.7 Å². The summed E-state index contributed by atoms with van der Waals surface area (Å²) in [5, 5.41) is 2.79. The summed E-state index contributed by atoms with van der Waals surface area (Å²) in [6.45, 7) is -1.15. The SMILES string of the molecule is O=C(NCc1ccc(OCC(F)(F)F)cc1)[C@@H]1CSCN1C(=O)c1ccccc1. The highest BCUT2D eigenvalue weighted by Crippen LogP contribution is 2.24. The van der Waals surface area contributed by atoms with Crippen molar-refractivity contribution in [3.8, 4) is 5.75 Å². The number of hydrogen-bond donors (Lipinski definition) is 1. The van der Waals surface area contributed by atoms with Crippen molar-refractivity contribution in [1.82, 2.24) is 10.2 Å². The molecule has 154 valence electrons. The van der Waals surface area contributed by atoms with Crippen LogP contribution in [0.1, 0.15) is 15.9 Å². The standard InChI is InChI=1S/C20H19F3N2O3S/c21-20(22,23)12-28-16-8-6-14(7-9-16)10-24-18(26)17-11-29-13-25(17)19(27)15-4-2-1-3-5-15/h1-9,17H,10-13H2,(H,24,26)/t17-/m0/s1. The van der Waals surface area contributed by atoms with Gasteiger partial charge in [0.1, 0.15) is 11.8 Å². The number of carbonyl (C=O) groups is 2. The van der Waals surface area contributed by atoms with Gasteiger partial charge in [0.2, 0.25) is 5.91 Å². The molecule has 0 bridgehead atoms. The number of amides is 2. The molecule has 2 aromatic carbocycles. The van der Waals surface area contributed by atoms with Gasteiger partial charge in [-0.25, -0.2) is 0 Å². The summed E-state index contributed by atoms with van der Waals surface area (Å²) in [6, 6.07) is 14.2. The summed E-state index contributed by atoms with van der Waals surface area (Å²) >= 11 is 1.51. The minimum atomic E-state index is -4.39. The number of ether oxygens (including phenoxy) is 1. The molecule has 1 N–H and O–H groups in total. The first-order chi connectivity index (χ1) is 13.8. The van der Waals surface area contributed by atoms with Gasteiger partial charge in [-0.3, -0.25) is 9.59 Å². The summed E-state index contributed by atoms with van der Waals surface area (Å²) in [5.41, 5.74) is 1.24. The molecule has 1 saturated heterocycles. The van der Waals surface area contributed by atoms with E-state index in [9.17, 15) is 22.8 Å². The maximum atomic E-state index is 12.6. The Bertz CT molecular complexity index is 844. The third-order valence-electron chi connectivity index (χ3n) is 4.26. The molecular formula is C20H19F3N2O3S. The van der Waals surface area contributed by atoms with Crippen molar-refractivity contribution in [2.45, 2.75) is 18.8 Å². The molecular weight excluding hydrogens is 405 g/mol. The topological polar surface area (TPSA) is 58.6 Å². The number of carbonyl (C=O) groups excluding carboxylic acids is 2. The highest BCUT2D eigenvalue weighted by atomic mass is 32.2. The van der Waals surface area contributed by atoms with E-state index >= 15 is 0 Å². The summed E-state index contributed by atoms with van der Waals surface area (Å²) in [5.74, 6) is 0.592. The van der Waals surface area contributed by atoms with Crippen LogP contribution in [0.2, 0.25) is 0 Å². The van der Waals surface area contributed by atoms with E-state index in [2.05, 4.69) is 10.1 Å². The fourth-order valence-corrected chi connectivity index (χ4v) is 3.94. The van der Waals surface area contributed by atoms with Gasteiger partial charge in [0, 0.05) is 17.9 Å². The van der Waals surface area contributed by atoms with Crippen LogP contribution in [-0.4, -0.2) is 47.2 Å². The first-order valence-electron chi connectivity index (χ1n) is 8.83. The average molecular weight is 424 g/mol. The molecule has 1 atom stereocenters. The molecule has 0 unspecified atom stereocenters. The fraction of sp³-hybridized carbons (Fsp3) is 0.300. The van der Waals surface area contributed by atoms with Crippen molar-refractivity contribution in [2.75, 3.05) is 18.2 Å². The summed E-state index contributed by atoms with van der Waals surface area (Å²) in [4.78, 5) is 26.8. The van der Waals surface area contributed by atoms with E-state index in [1.54, 1.807) is 41.3 Å². The molecule has 2 amide bonds. The van der Waals surface area contributed by atoms with E-state index in [1.807, 2.05) is 6.07 Å². The molecule has 1 fully saturated rings. The van der Waals surface area contributed by atoms with E-state index in [-0.39, 0.29) is 24.1 Å². The Morgan fingerprint density at radius 2 is 1.79 bits per heavy atom. The molecule has 1 aliphatic heterocycles. The van der Waals surface area contributed by atoms with Crippen LogP contribution in [-0.2, 0) is 11.3 Å². The number of halogens is 3. The Balaban J connectivity index is 1.54. The van der Waals surface area contributed by atoms with Gasteiger partial charge in [-0.1, -0.05) is 30.3 Å². The van der Waals surface area contributed by atoms with Gasteiger partial charge in [0.15, 0.2) is 6.61 Å². The molecule has 0 aliphatic carbocycles. The molecule has 29 heavy (non-hydrogen) atoms. The largest absolute Gasteiger partial charge is 0.484 e. The van der Waals surface area contributed by atoms with Crippen LogP contribution in [0.25, 0.3) is 0 Å². The Labute approximate surface area is 170 Å². The quantitative estimate of drug-likeness (QED) is 0.772. The molecule has 0 saturated carbocycles. The van der Waals surface area contributed by atoms with E-state index in [4.69, 9.17) is 0 Å². The van der Waals surface area contributed by atoms with Gasteiger partial charge >= 0.3 is 6.18 Å². The molecule has 3 rings (SSSR count). The second-order valence-corrected chi connectivity index (χ2v) is 7.42. The lowest BCUT2D eigenvalue weighted by Crippen LogP contribution is -2.47.